The zero-order chi connectivity index (χ0) is 17.3. The number of nitrogens with zero attached hydrogens (tertiary/aromatic N) is 3. The Morgan fingerprint density at radius 1 is 1.28 bits per heavy atom. The number of rotatable bonds is 4. The fourth-order valence-electron chi connectivity index (χ4n) is 4.19. The van der Waals surface area contributed by atoms with Crippen molar-refractivity contribution in [1.82, 2.24) is 15.1 Å². The normalized spacial score (nSPS) is 25.6. The smallest absolute Gasteiger partial charge is 0.193 e. The van der Waals surface area contributed by atoms with Crippen molar-refractivity contribution in [3.63, 3.8) is 0 Å². The van der Waals surface area contributed by atoms with E-state index in [-0.39, 0.29) is 11.2 Å². The molecule has 134 valence electrons. The van der Waals surface area contributed by atoms with E-state index in [0.29, 0.717) is 6.04 Å². The first kappa shape index (κ1) is 16.6. The zero-order valence-corrected chi connectivity index (χ0v) is 14.9. The Kier molecular flexibility index (Phi) is 4.50. The van der Waals surface area contributed by atoms with Crippen LogP contribution in [0.5, 0.6) is 0 Å². The van der Waals surface area contributed by atoms with Crippen LogP contribution >= 0.6 is 0 Å². The average molecular weight is 342 g/mol. The molecule has 0 radical (unpaired) electrons. The molecule has 4 rings (SSSR count). The van der Waals surface area contributed by atoms with Crippen LogP contribution in [0, 0.1) is 5.82 Å². The number of benzene rings is 1. The van der Waals surface area contributed by atoms with Gasteiger partial charge in [0.2, 0.25) is 0 Å². The summed E-state index contributed by atoms with van der Waals surface area (Å²) in [5.41, 5.74) is 0.791. The summed E-state index contributed by atoms with van der Waals surface area (Å²) in [4.78, 5) is 9.35. The highest BCUT2D eigenvalue weighted by Crippen LogP contribution is 2.48. The lowest BCUT2D eigenvalue weighted by Crippen LogP contribution is -2.45. The number of hydrogen-bond donors (Lipinski definition) is 1. The molecule has 2 aliphatic heterocycles. The Hall–Kier alpha value is -1.88. The van der Waals surface area contributed by atoms with Crippen molar-refractivity contribution < 1.29 is 4.39 Å². The van der Waals surface area contributed by atoms with Crippen molar-refractivity contribution in [2.75, 3.05) is 39.8 Å². The molecular formula is C20H27FN4. The van der Waals surface area contributed by atoms with Crippen molar-refractivity contribution in [3.05, 3.63) is 47.8 Å². The molecule has 1 unspecified atom stereocenters. The van der Waals surface area contributed by atoms with E-state index in [0.717, 1.165) is 57.1 Å². The Morgan fingerprint density at radius 2 is 2.04 bits per heavy atom. The second-order valence-corrected chi connectivity index (χ2v) is 7.47. The first-order valence-corrected chi connectivity index (χ1v) is 9.31. The van der Waals surface area contributed by atoms with Crippen LogP contribution in [0.25, 0.3) is 0 Å². The number of likely N-dealkylation sites (tertiary alicyclic amines) is 1. The van der Waals surface area contributed by atoms with Gasteiger partial charge in [-0.1, -0.05) is 30.4 Å². The number of nitrogens with one attached hydrogen (secondary N) is 1. The lowest BCUT2D eigenvalue weighted by atomic mass is 9.95. The van der Waals surface area contributed by atoms with E-state index in [2.05, 4.69) is 32.3 Å². The van der Waals surface area contributed by atoms with Crippen molar-refractivity contribution in [1.29, 1.82) is 0 Å². The van der Waals surface area contributed by atoms with E-state index in [4.69, 9.17) is 0 Å². The van der Waals surface area contributed by atoms with Crippen LogP contribution in [0.15, 0.2) is 41.4 Å². The Bertz CT molecular complexity index is 672. The molecule has 2 fully saturated rings. The van der Waals surface area contributed by atoms with Gasteiger partial charge in [-0.05, 0) is 30.9 Å². The van der Waals surface area contributed by atoms with Crippen molar-refractivity contribution in [3.8, 4) is 0 Å². The standard InChI is InChI=1S/C20H27FN4/c1-22-19(25-13-8-16(14-25)24-11-4-5-12-24)23-15-20(9-10-20)17-6-2-3-7-18(17)21/h2-7,16H,8-15H2,1H3,(H,22,23). The van der Waals surface area contributed by atoms with Gasteiger partial charge in [-0.2, -0.15) is 0 Å². The van der Waals surface area contributed by atoms with Gasteiger partial charge in [0, 0.05) is 51.2 Å². The summed E-state index contributed by atoms with van der Waals surface area (Å²) in [6, 6.07) is 7.80. The lowest BCUT2D eigenvalue weighted by molar-refractivity contribution is 0.259. The van der Waals surface area contributed by atoms with Gasteiger partial charge in [0.25, 0.3) is 0 Å². The predicted octanol–water partition coefficient (Wildman–Crippen LogP) is 2.38. The van der Waals surface area contributed by atoms with Gasteiger partial charge in [0.15, 0.2) is 5.96 Å². The molecule has 0 spiro atoms. The Morgan fingerprint density at radius 3 is 2.72 bits per heavy atom. The third kappa shape index (κ3) is 3.30. The monoisotopic (exact) mass is 342 g/mol. The minimum atomic E-state index is -0.0837. The van der Waals surface area contributed by atoms with E-state index in [1.165, 1.54) is 6.42 Å². The summed E-state index contributed by atoms with van der Waals surface area (Å²) in [6.07, 6.45) is 7.77. The van der Waals surface area contributed by atoms with Gasteiger partial charge >= 0.3 is 0 Å². The van der Waals surface area contributed by atoms with Gasteiger partial charge < -0.3 is 10.2 Å². The summed E-state index contributed by atoms with van der Waals surface area (Å²) < 4.78 is 14.2. The second kappa shape index (κ2) is 6.79. The van der Waals surface area contributed by atoms with Gasteiger partial charge in [0.05, 0.1) is 0 Å². The SMILES string of the molecule is CN=C(NCC1(c2ccccc2F)CC1)N1CCC(N2CC=CC2)C1. The molecule has 2 heterocycles. The molecule has 1 N–H and O–H groups in total. The zero-order valence-electron chi connectivity index (χ0n) is 14.9. The lowest BCUT2D eigenvalue weighted by Gasteiger charge is -2.27. The topological polar surface area (TPSA) is 30.9 Å². The number of guanidine groups is 1. The molecule has 1 saturated carbocycles. The Labute approximate surface area is 149 Å². The maximum atomic E-state index is 14.2. The maximum absolute atomic E-state index is 14.2. The van der Waals surface area contributed by atoms with E-state index >= 15 is 0 Å². The average Bonchev–Trinajstić information content (AvgIpc) is 3.03. The third-order valence-corrected chi connectivity index (χ3v) is 5.92. The molecule has 1 aliphatic carbocycles. The largest absolute Gasteiger partial charge is 0.355 e. The molecular weight excluding hydrogens is 315 g/mol. The van der Waals surface area contributed by atoms with E-state index in [1.807, 2.05) is 19.2 Å². The minimum absolute atomic E-state index is 0.0563. The first-order valence-electron chi connectivity index (χ1n) is 9.31. The summed E-state index contributed by atoms with van der Waals surface area (Å²) in [6.45, 7) is 4.95. The molecule has 4 nitrogen and oxygen atoms in total. The molecule has 3 aliphatic rings. The van der Waals surface area contributed by atoms with E-state index < -0.39 is 0 Å². The van der Waals surface area contributed by atoms with Gasteiger partial charge in [-0.3, -0.25) is 9.89 Å². The fourth-order valence-corrected chi connectivity index (χ4v) is 4.19. The van der Waals surface area contributed by atoms with Crippen molar-refractivity contribution in [2.45, 2.75) is 30.7 Å². The van der Waals surface area contributed by atoms with Crippen molar-refractivity contribution in [2.24, 2.45) is 4.99 Å². The molecule has 1 aromatic carbocycles. The summed E-state index contributed by atoms with van der Waals surface area (Å²) in [5.74, 6) is 0.872. The van der Waals surface area contributed by atoms with Crippen LogP contribution in [0.4, 0.5) is 4.39 Å². The van der Waals surface area contributed by atoms with Crippen LogP contribution in [0.3, 0.4) is 0 Å². The van der Waals surface area contributed by atoms with Crippen molar-refractivity contribution >= 4 is 5.96 Å². The van der Waals surface area contributed by atoms with Crippen LogP contribution in [0.1, 0.15) is 24.8 Å². The van der Waals surface area contributed by atoms with Gasteiger partial charge in [-0.15, -0.1) is 0 Å². The van der Waals surface area contributed by atoms with Crippen LogP contribution < -0.4 is 5.32 Å². The highest BCUT2D eigenvalue weighted by atomic mass is 19.1. The van der Waals surface area contributed by atoms with E-state index in [1.54, 1.807) is 12.1 Å². The molecule has 1 saturated heterocycles. The number of aliphatic imine (C=N–C) groups is 1. The number of hydrogen-bond acceptors (Lipinski definition) is 2. The predicted molar refractivity (Wildman–Crippen MR) is 99.4 cm³/mol. The molecule has 0 aromatic heterocycles. The quantitative estimate of drug-likeness (QED) is 0.518. The summed E-state index contributed by atoms with van der Waals surface area (Å²) in [7, 11) is 1.84. The second-order valence-electron chi connectivity index (χ2n) is 7.47. The molecule has 1 aromatic rings. The Balaban J connectivity index is 1.36. The molecule has 25 heavy (non-hydrogen) atoms. The fraction of sp³-hybridized carbons (Fsp3) is 0.550. The summed E-state index contributed by atoms with van der Waals surface area (Å²) >= 11 is 0. The third-order valence-electron chi connectivity index (χ3n) is 5.92. The highest BCUT2D eigenvalue weighted by molar-refractivity contribution is 5.80. The van der Waals surface area contributed by atoms with Crippen LogP contribution in [-0.2, 0) is 5.41 Å². The first-order chi connectivity index (χ1) is 12.2. The molecule has 5 heteroatoms. The molecule has 1 atom stereocenters. The molecule has 0 bridgehead atoms. The van der Waals surface area contributed by atoms with Crippen LogP contribution in [0.2, 0.25) is 0 Å². The highest BCUT2D eigenvalue weighted by Gasteiger charge is 2.46. The molecule has 0 amide bonds. The summed E-state index contributed by atoms with van der Waals surface area (Å²) in [5, 5.41) is 3.53. The van der Waals surface area contributed by atoms with Crippen LogP contribution in [-0.4, -0.2) is 61.6 Å². The van der Waals surface area contributed by atoms with Gasteiger partial charge in [0.1, 0.15) is 5.82 Å². The van der Waals surface area contributed by atoms with E-state index in [9.17, 15) is 4.39 Å². The number of halogens is 1. The maximum Gasteiger partial charge on any atom is 0.193 e. The van der Waals surface area contributed by atoms with Gasteiger partial charge in [-0.25, -0.2) is 4.39 Å². The minimum Gasteiger partial charge on any atom is -0.355 e.